The lowest BCUT2D eigenvalue weighted by molar-refractivity contribution is -0.161. The molecule has 3 rings (SSSR count). The minimum atomic E-state index is -0.686. The summed E-state index contributed by atoms with van der Waals surface area (Å²) in [5.74, 6) is 2.49. The third-order valence-electron chi connectivity index (χ3n) is 6.09. The SMILES string of the molecule is CCCN1C(=O)C(CC(C)C)NC(=O)C12CCN(Cc1ccc(CC)o1)CC2. The van der Waals surface area contributed by atoms with E-state index in [0.717, 1.165) is 44.0 Å². The van der Waals surface area contributed by atoms with Gasteiger partial charge in [-0.25, -0.2) is 0 Å². The van der Waals surface area contributed by atoms with Gasteiger partial charge in [0.25, 0.3) is 0 Å². The van der Waals surface area contributed by atoms with Crippen LogP contribution >= 0.6 is 0 Å². The van der Waals surface area contributed by atoms with E-state index in [1.54, 1.807) is 0 Å². The summed E-state index contributed by atoms with van der Waals surface area (Å²) in [5.41, 5.74) is -0.686. The summed E-state index contributed by atoms with van der Waals surface area (Å²) < 4.78 is 5.84. The van der Waals surface area contributed by atoms with Crippen molar-refractivity contribution >= 4 is 11.8 Å². The topological polar surface area (TPSA) is 65.8 Å². The Balaban J connectivity index is 1.70. The Morgan fingerprint density at radius 1 is 1.18 bits per heavy atom. The zero-order valence-corrected chi connectivity index (χ0v) is 17.8. The Kier molecular flexibility index (Phi) is 6.48. The van der Waals surface area contributed by atoms with Crippen LogP contribution in [0.5, 0.6) is 0 Å². The van der Waals surface area contributed by atoms with Gasteiger partial charge in [0.1, 0.15) is 23.1 Å². The number of aryl methyl sites for hydroxylation is 1. The molecule has 0 saturated carbocycles. The Bertz CT molecular complexity index is 689. The second-order valence-electron chi connectivity index (χ2n) is 8.67. The van der Waals surface area contributed by atoms with Crippen LogP contribution < -0.4 is 5.32 Å². The maximum atomic E-state index is 13.2. The molecular weight excluding hydrogens is 354 g/mol. The molecule has 1 unspecified atom stereocenters. The largest absolute Gasteiger partial charge is 0.465 e. The van der Waals surface area contributed by atoms with Crippen molar-refractivity contribution in [2.75, 3.05) is 19.6 Å². The molecule has 2 amide bonds. The fourth-order valence-corrected chi connectivity index (χ4v) is 4.55. The van der Waals surface area contributed by atoms with E-state index in [2.05, 4.69) is 37.9 Å². The van der Waals surface area contributed by atoms with Crippen LogP contribution in [-0.2, 0) is 22.6 Å². The van der Waals surface area contributed by atoms with Crippen molar-refractivity contribution in [2.24, 2.45) is 5.92 Å². The van der Waals surface area contributed by atoms with Gasteiger partial charge >= 0.3 is 0 Å². The van der Waals surface area contributed by atoms with Crippen molar-refractivity contribution in [2.45, 2.75) is 77.9 Å². The molecule has 28 heavy (non-hydrogen) atoms. The Morgan fingerprint density at radius 3 is 2.43 bits per heavy atom. The second-order valence-corrected chi connectivity index (χ2v) is 8.67. The number of piperazine rings is 1. The predicted molar refractivity (Wildman–Crippen MR) is 109 cm³/mol. The number of hydrogen-bond acceptors (Lipinski definition) is 4. The lowest BCUT2D eigenvalue weighted by Crippen LogP contribution is -2.73. The van der Waals surface area contributed by atoms with Crippen LogP contribution in [0.25, 0.3) is 0 Å². The van der Waals surface area contributed by atoms with Crippen LogP contribution in [0.1, 0.15) is 64.9 Å². The average Bonchev–Trinajstić information content (AvgIpc) is 3.12. The van der Waals surface area contributed by atoms with Crippen molar-refractivity contribution in [3.8, 4) is 0 Å². The molecule has 0 aromatic carbocycles. The van der Waals surface area contributed by atoms with Crippen LogP contribution in [0.3, 0.4) is 0 Å². The van der Waals surface area contributed by atoms with E-state index >= 15 is 0 Å². The van der Waals surface area contributed by atoms with Gasteiger partial charge in [-0.1, -0.05) is 27.7 Å². The minimum absolute atomic E-state index is 0.0390. The molecule has 1 N–H and O–H groups in total. The van der Waals surface area contributed by atoms with Crippen LogP contribution in [0.4, 0.5) is 0 Å². The highest BCUT2D eigenvalue weighted by molar-refractivity contribution is 6.00. The molecule has 3 heterocycles. The molecule has 0 bridgehead atoms. The molecule has 1 aromatic heterocycles. The highest BCUT2D eigenvalue weighted by atomic mass is 16.3. The van der Waals surface area contributed by atoms with Crippen LogP contribution in [0.2, 0.25) is 0 Å². The molecule has 0 aliphatic carbocycles. The van der Waals surface area contributed by atoms with Crippen LogP contribution in [0, 0.1) is 5.92 Å². The first-order valence-corrected chi connectivity index (χ1v) is 10.8. The number of carbonyl (C=O) groups excluding carboxylic acids is 2. The summed E-state index contributed by atoms with van der Waals surface area (Å²) in [4.78, 5) is 30.5. The molecule has 6 heteroatoms. The third kappa shape index (κ3) is 4.12. The fourth-order valence-electron chi connectivity index (χ4n) is 4.55. The van der Waals surface area contributed by atoms with Crippen LogP contribution in [-0.4, -0.2) is 52.8 Å². The summed E-state index contributed by atoms with van der Waals surface area (Å²) in [6.45, 7) is 11.3. The van der Waals surface area contributed by atoms with Crippen molar-refractivity contribution in [1.29, 1.82) is 0 Å². The molecule has 1 spiro atoms. The van der Waals surface area contributed by atoms with Gasteiger partial charge in [-0.05, 0) is 43.7 Å². The maximum Gasteiger partial charge on any atom is 0.246 e. The van der Waals surface area contributed by atoms with E-state index in [0.29, 0.717) is 31.7 Å². The van der Waals surface area contributed by atoms with Gasteiger partial charge in [-0.2, -0.15) is 0 Å². The van der Waals surface area contributed by atoms with Crippen molar-refractivity contribution < 1.29 is 14.0 Å². The molecule has 2 aliphatic rings. The van der Waals surface area contributed by atoms with E-state index in [1.807, 2.05) is 17.0 Å². The number of nitrogens with zero attached hydrogens (tertiary/aromatic N) is 2. The molecule has 0 radical (unpaired) electrons. The van der Waals surface area contributed by atoms with Gasteiger partial charge < -0.3 is 14.6 Å². The molecule has 1 atom stereocenters. The number of amides is 2. The zero-order valence-electron chi connectivity index (χ0n) is 17.8. The maximum absolute atomic E-state index is 13.2. The van der Waals surface area contributed by atoms with Gasteiger partial charge in [0.05, 0.1) is 6.54 Å². The summed E-state index contributed by atoms with van der Waals surface area (Å²) >= 11 is 0. The van der Waals surface area contributed by atoms with Crippen molar-refractivity contribution in [3.63, 3.8) is 0 Å². The van der Waals surface area contributed by atoms with E-state index in [4.69, 9.17) is 4.42 Å². The lowest BCUT2D eigenvalue weighted by atomic mass is 9.81. The monoisotopic (exact) mass is 389 g/mol. The number of nitrogens with one attached hydrogen (secondary N) is 1. The Labute approximate surface area is 168 Å². The molecular formula is C22H35N3O3. The van der Waals surface area contributed by atoms with Gasteiger partial charge in [-0.3, -0.25) is 14.5 Å². The molecule has 156 valence electrons. The van der Waals surface area contributed by atoms with Gasteiger partial charge in [0.2, 0.25) is 11.8 Å². The summed E-state index contributed by atoms with van der Waals surface area (Å²) in [5, 5.41) is 3.05. The molecule has 2 saturated heterocycles. The molecule has 1 aromatic rings. The number of furan rings is 1. The number of piperidine rings is 1. The quantitative estimate of drug-likeness (QED) is 0.779. The number of likely N-dealkylation sites (tertiary alicyclic amines) is 1. The van der Waals surface area contributed by atoms with E-state index in [1.165, 1.54) is 0 Å². The first-order chi connectivity index (χ1) is 13.4. The molecule has 6 nitrogen and oxygen atoms in total. The standard InChI is InChI=1S/C22H35N3O3/c1-5-11-25-20(26)19(14-16(3)4)23-21(27)22(25)9-12-24(13-10-22)15-18-8-7-17(6-2)28-18/h7-8,16,19H,5-6,9-15H2,1-4H3,(H,23,27). The minimum Gasteiger partial charge on any atom is -0.465 e. The van der Waals surface area contributed by atoms with Crippen LogP contribution in [0.15, 0.2) is 16.5 Å². The van der Waals surface area contributed by atoms with Gasteiger partial charge in [0, 0.05) is 26.1 Å². The molecule has 2 aliphatic heterocycles. The Hall–Kier alpha value is -1.82. The first kappa shape index (κ1) is 20.9. The smallest absolute Gasteiger partial charge is 0.246 e. The van der Waals surface area contributed by atoms with Crippen molar-refractivity contribution in [3.05, 3.63) is 23.7 Å². The van der Waals surface area contributed by atoms with Crippen molar-refractivity contribution in [1.82, 2.24) is 15.1 Å². The van der Waals surface area contributed by atoms with E-state index in [-0.39, 0.29) is 17.9 Å². The van der Waals surface area contributed by atoms with Gasteiger partial charge in [0.15, 0.2) is 0 Å². The first-order valence-electron chi connectivity index (χ1n) is 10.8. The zero-order chi connectivity index (χ0) is 20.3. The summed E-state index contributed by atoms with van der Waals surface area (Å²) in [6.07, 6.45) is 3.83. The molecule has 2 fully saturated rings. The average molecular weight is 390 g/mol. The summed E-state index contributed by atoms with van der Waals surface area (Å²) in [6, 6.07) is 3.70. The highest BCUT2D eigenvalue weighted by Gasteiger charge is 2.53. The van der Waals surface area contributed by atoms with E-state index in [9.17, 15) is 9.59 Å². The second kappa shape index (κ2) is 8.68. The van der Waals surface area contributed by atoms with E-state index < -0.39 is 5.54 Å². The predicted octanol–water partition coefficient (Wildman–Crippen LogP) is 2.96. The normalized spacial score (nSPS) is 22.9. The number of hydrogen-bond donors (Lipinski definition) is 1. The highest BCUT2D eigenvalue weighted by Crippen LogP contribution is 2.34. The number of rotatable bonds is 7. The third-order valence-corrected chi connectivity index (χ3v) is 6.09. The van der Waals surface area contributed by atoms with Gasteiger partial charge in [-0.15, -0.1) is 0 Å². The number of carbonyl (C=O) groups is 2. The fraction of sp³-hybridized carbons (Fsp3) is 0.727. The lowest BCUT2D eigenvalue weighted by Gasteiger charge is -2.51. The summed E-state index contributed by atoms with van der Waals surface area (Å²) in [7, 11) is 0. The Morgan fingerprint density at radius 2 is 1.86 bits per heavy atom.